The summed E-state index contributed by atoms with van der Waals surface area (Å²) in [5.41, 5.74) is -1.25. The summed E-state index contributed by atoms with van der Waals surface area (Å²) >= 11 is 0. The van der Waals surface area contributed by atoms with Crippen molar-refractivity contribution in [2.24, 2.45) is 50.2 Å². The van der Waals surface area contributed by atoms with Crippen molar-refractivity contribution < 1.29 is 35.1 Å². The molecular formula is C35H56O7. The van der Waals surface area contributed by atoms with E-state index in [9.17, 15) is 30.3 Å². The summed E-state index contributed by atoms with van der Waals surface area (Å²) < 4.78 is 5.93. The molecule has 7 heteroatoms. The standard InChI is InChI=1S/C35H56O7/c1-9-20(2)29(41)42-28-27(40)35(19-37)22(16-30(28,3)4)21-10-11-24-31(5)14-13-25(38)32(6,18-36)23(31)12-15-33(24,7)34(21,8)17-26(35)39/h9-10,22-28,36-40H,11-19H2,1-8H3/b20-9+. The van der Waals surface area contributed by atoms with Crippen LogP contribution < -0.4 is 0 Å². The molecule has 0 saturated heterocycles. The molecule has 5 aliphatic rings. The van der Waals surface area contributed by atoms with Crippen molar-refractivity contribution in [2.75, 3.05) is 13.2 Å². The number of rotatable bonds is 4. The summed E-state index contributed by atoms with van der Waals surface area (Å²) in [6.45, 7) is 16.2. The Bertz CT molecular complexity index is 1160. The van der Waals surface area contributed by atoms with E-state index in [1.54, 1.807) is 19.9 Å². The first-order valence-electron chi connectivity index (χ1n) is 16.2. The van der Waals surface area contributed by atoms with Crippen LogP contribution in [0.15, 0.2) is 23.3 Å². The lowest BCUT2D eigenvalue weighted by Gasteiger charge is -2.72. The van der Waals surface area contributed by atoms with Crippen LogP contribution in [0.5, 0.6) is 0 Å². The van der Waals surface area contributed by atoms with Crippen molar-refractivity contribution in [3.05, 3.63) is 23.3 Å². The number of allylic oxidation sites excluding steroid dienone is 3. The molecule has 5 aliphatic carbocycles. The van der Waals surface area contributed by atoms with Crippen LogP contribution in [-0.4, -0.2) is 69.1 Å². The van der Waals surface area contributed by atoms with Gasteiger partial charge in [0, 0.05) is 16.4 Å². The molecule has 42 heavy (non-hydrogen) atoms. The highest BCUT2D eigenvalue weighted by Crippen LogP contribution is 2.75. The van der Waals surface area contributed by atoms with Gasteiger partial charge in [-0.2, -0.15) is 0 Å². The van der Waals surface area contributed by atoms with Gasteiger partial charge in [0.1, 0.15) is 12.2 Å². The number of hydrogen-bond acceptors (Lipinski definition) is 7. The summed E-state index contributed by atoms with van der Waals surface area (Å²) in [7, 11) is 0. The molecule has 0 aromatic heterocycles. The molecule has 4 saturated carbocycles. The molecule has 0 bridgehead atoms. The topological polar surface area (TPSA) is 127 Å². The van der Waals surface area contributed by atoms with Crippen molar-refractivity contribution in [3.63, 3.8) is 0 Å². The van der Waals surface area contributed by atoms with E-state index < -0.39 is 53.2 Å². The fourth-order valence-corrected chi connectivity index (χ4v) is 11.5. The van der Waals surface area contributed by atoms with Crippen LogP contribution in [-0.2, 0) is 9.53 Å². The van der Waals surface area contributed by atoms with Crippen molar-refractivity contribution in [1.82, 2.24) is 0 Å². The number of ether oxygens (including phenoxy) is 1. The fourth-order valence-electron chi connectivity index (χ4n) is 11.5. The molecule has 4 fully saturated rings. The zero-order valence-corrected chi connectivity index (χ0v) is 27.1. The minimum absolute atomic E-state index is 0.0255. The molecule has 7 nitrogen and oxygen atoms in total. The van der Waals surface area contributed by atoms with E-state index in [1.165, 1.54) is 5.57 Å². The van der Waals surface area contributed by atoms with Crippen LogP contribution >= 0.6 is 0 Å². The van der Waals surface area contributed by atoms with Crippen LogP contribution in [0.1, 0.15) is 100 Å². The monoisotopic (exact) mass is 588 g/mol. The Hall–Kier alpha value is -1.25. The van der Waals surface area contributed by atoms with Gasteiger partial charge >= 0.3 is 5.97 Å². The van der Waals surface area contributed by atoms with E-state index in [0.29, 0.717) is 30.8 Å². The molecule has 12 atom stereocenters. The second-order valence-electron chi connectivity index (χ2n) is 16.5. The average molecular weight is 589 g/mol. The first-order chi connectivity index (χ1) is 19.4. The van der Waals surface area contributed by atoms with Gasteiger partial charge in [0.25, 0.3) is 0 Å². The average Bonchev–Trinajstić information content (AvgIpc) is 2.93. The normalized spacial score (nSPS) is 51.8. The molecule has 5 N–H and O–H groups in total. The molecule has 0 aliphatic heterocycles. The molecule has 0 amide bonds. The molecule has 12 unspecified atom stereocenters. The van der Waals surface area contributed by atoms with Crippen molar-refractivity contribution in [3.8, 4) is 0 Å². The van der Waals surface area contributed by atoms with E-state index in [2.05, 4.69) is 33.8 Å². The largest absolute Gasteiger partial charge is 0.456 e. The molecule has 0 heterocycles. The van der Waals surface area contributed by atoms with Gasteiger partial charge in [-0.1, -0.05) is 59.3 Å². The maximum Gasteiger partial charge on any atom is 0.333 e. The van der Waals surface area contributed by atoms with Gasteiger partial charge in [0.05, 0.1) is 30.8 Å². The summed E-state index contributed by atoms with van der Waals surface area (Å²) in [6, 6.07) is 0. The maximum atomic E-state index is 12.9. The van der Waals surface area contributed by atoms with Crippen LogP contribution in [0.2, 0.25) is 0 Å². The van der Waals surface area contributed by atoms with E-state index in [-0.39, 0.29) is 34.7 Å². The maximum absolute atomic E-state index is 12.9. The quantitative estimate of drug-likeness (QED) is 0.185. The van der Waals surface area contributed by atoms with Crippen molar-refractivity contribution in [2.45, 2.75) is 125 Å². The molecule has 0 aromatic rings. The summed E-state index contributed by atoms with van der Waals surface area (Å²) in [5.74, 6) is -0.241. The third-order valence-corrected chi connectivity index (χ3v) is 14.5. The van der Waals surface area contributed by atoms with Crippen LogP contribution in [0, 0.1) is 50.2 Å². The van der Waals surface area contributed by atoms with Crippen LogP contribution in [0.4, 0.5) is 0 Å². The predicted molar refractivity (Wildman–Crippen MR) is 161 cm³/mol. The molecule has 0 radical (unpaired) electrons. The predicted octanol–water partition coefficient (Wildman–Crippen LogP) is 4.54. The van der Waals surface area contributed by atoms with E-state index in [4.69, 9.17) is 4.74 Å². The van der Waals surface area contributed by atoms with Crippen LogP contribution in [0.25, 0.3) is 0 Å². The van der Waals surface area contributed by atoms with E-state index >= 15 is 0 Å². The summed E-state index contributed by atoms with van der Waals surface area (Å²) in [5, 5.41) is 56.6. The summed E-state index contributed by atoms with van der Waals surface area (Å²) in [6.07, 6.45) is 5.72. The Labute approximate surface area is 252 Å². The number of hydrogen-bond donors (Lipinski definition) is 5. The Morgan fingerprint density at radius 2 is 1.62 bits per heavy atom. The number of carbonyl (C=O) groups excluding carboxylic acids is 1. The Balaban J connectivity index is 1.58. The highest BCUT2D eigenvalue weighted by molar-refractivity contribution is 5.87. The highest BCUT2D eigenvalue weighted by atomic mass is 16.6. The zero-order valence-electron chi connectivity index (χ0n) is 27.1. The first-order valence-corrected chi connectivity index (χ1v) is 16.2. The molecule has 5 rings (SSSR count). The molecule has 0 aromatic carbocycles. The van der Waals surface area contributed by atoms with Crippen molar-refractivity contribution >= 4 is 5.97 Å². The second kappa shape index (κ2) is 10.1. The number of esters is 1. The number of aliphatic hydroxyl groups excluding tert-OH is 5. The molecule has 0 spiro atoms. The van der Waals surface area contributed by atoms with Gasteiger partial charge in [0.2, 0.25) is 0 Å². The first kappa shape index (κ1) is 32.2. The van der Waals surface area contributed by atoms with Gasteiger partial charge in [0.15, 0.2) is 0 Å². The number of fused-ring (bicyclic) bond motifs is 7. The van der Waals surface area contributed by atoms with Gasteiger partial charge in [-0.25, -0.2) is 4.79 Å². The molecule has 238 valence electrons. The van der Waals surface area contributed by atoms with Gasteiger partial charge in [-0.15, -0.1) is 0 Å². The molecular weight excluding hydrogens is 532 g/mol. The van der Waals surface area contributed by atoms with Crippen molar-refractivity contribution in [1.29, 1.82) is 0 Å². The Morgan fingerprint density at radius 1 is 0.952 bits per heavy atom. The third-order valence-electron chi connectivity index (χ3n) is 14.5. The second-order valence-corrected chi connectivity index (χ2v) is 16.5. The zero-order chi connectivity index (χ0) is 31.3. The Kier molecular flexibility index (Phi) is 7.76. The van der Waals surface area contributed by atoms with Crippen LogP contribution in [0.3, 0.4) is 0 Å². The minimum atomic E-state index is -1.23. The lowest BCUT2D eigenvalue weighted by Crippen LogP contribution is -2.72. The Morgan fingerprint density at radius 3 is 2.21 bits per heavy atom. The minimum Gasteiger partial charge on any atom is -0.456 e. The van der Waals surface area contributed by atoms with E-state index in [1.807, 2.05) is 13.8 Å². The van der Waals surface area contributed by atoms with E-state index in [0.717, 1.165) is 25.7 Å². The number of aliphatic hydroxyl groups is 5. The summed E-state index contributed by atoms with van der Waals surface area (Å²) in [4.78, 5) is 12.9. The SMILES string of the molecule is C/C=C(\C)C(=O)OC1C(O)C2(CO)C(O)CC3(C)C(=CCC4C5(C)CCC(O)C(C)(CO)C5CCC43C)C2CC1(C)C. The van der Waals surface area contributed by atoms with Gasteiger partial charge in [-0.05, 0) is 92.8 Å². The van der Waals surface area contributed by atoms with Gasteiger partial charge < -0.3 is 30.3 Å². The smallest absolute Gasteiger partial charge is 0.333 e. The third kappa shape index (κ3) is 3.92. The lowest BCUT2D eigenvalue weighted by molar-refractivity contribution is -0.262. The lowest BCUT2D eigenvalue weighted by atomic mass is 9.33. The highest BCUT2D eigenvalue weighted by Gasteiger charge is 2.72. The fraction of sp³-hybridized carbons (Fsp3) is 0.857. The van der Waals surface area contributed by atoms with Gasteiger partial charge in [-0.3, -0.25) is 0 Å². The number of carbonyl (C=O) groups is 1.